The molecular formula is C14H16BrN3. The van der Waals surface area contributed by atoms with E-state index in [0.717, 1.165) is 34.6 Å². The highest BCUT2D eigenvalue weighted by atomic mass is 79.9. The number of hydrogen-bond donors (Lipinski definition) is 2. The van der Waals surface area contributed by atoms with Crippen LogP contribution >= 0.6 is 15.9 Å². The summed E-state index contributed by atoms with van der Waals surface area (Å²) in [5, 5.41) is 6.63. The summed E-state index contributed by atoms with van der Waals surface area (Å²) in [7, 11) is 0. The van der Waals surface area contributed by atoms with Crippen molar-refractivity contribution in [1.29, 1.82) is 0 Å². The molecule has 1 aromatic heterocycles. The fraction of sp³-hybridized carbons (Fsp3) is 0.214. The quantitative estimate of drug-likeness (QED) is 0.859. The van der Waals surface area contributed by atoms with Crippen molar-refractivity contribution in [2.75, 3.05) is 17.2 Å². The first-order chi connectivity index (χ1) is 8.79. The van der Waals surface area contributed by atoms with Gasteiger partial charge in [0.05, 0.1) is 5.69 Å². The second-order valence-corrected chi connectivity index (χ2v) is 4.82. The van der Waals surface area contributed by atoms with Gasteiger partial charge in [-0.05, 0) is 40.5 Å². The van der Waals surface area contributed by atoms with Crippen molar-refractivity contribution in [3.63, 3.8) is 0 Å². The zero-order chi connectivity index (χ0) is 12.8. The highest BCUT2D eigenvalue weighted by Crippen LogP contribution is 2.25. The lowest BCUT2D eigenvalue weighted by Gasteiger charge is -2.10. The van der Waals surface area contributed by atoms with Crippen molar-refractivity contribution in [3.05, 3.63) is 47.1 Å². The summed E-state index contributed by atoms with van der Waals surface area (Å²) in [5.74, 6) is 0.897. The number of para-hydroxylation sites is 1. The Morgan fingerprint density at radius 1 is 1.22 bits per heavy atom. The monoisotopic (exact) mass is 305 g/mol. The SMILES string of the molecule is CCCNc1cc(Nc2ccccc2Br)ccn1. The van der Waals surface area contributed by atoms with E-state index in [-0.39, 0.29) is 0 Å². The van der Waals surface area contributed by atoms with E-state index in [1.807, 2.05) is 36.4 Å². The molecule has 0 aliphatic carbocycles. The summed E-state index contributed by atoms with van der Waals surface area (Å²) < 4.78 is 1.05. The van der Waals surface area contributed by atoms with Crippen LogP contribution in [0.2, 0.25) is 0 Å². The third-order valence-corrected chi connectivity index (χ3v) is 3.16. The molecule has 0 atom stereocenters. The molecule has 0 saturated carbocycles. The van der Waals surface area contributed by atoms with Gasteiger partial charge in [0.15, 0.2) is 0 Å². The standard InChI is InChI=1S/C14H16BrN3/c1-2-8-16-14-10-11(7-9-17-14)18-13-6-4-3-5-12(13)15/h3-7,9-10H,2,8H2,1H3,(H2,16,17,18). The molecule has 1 heterocycles. The Bertz CT molecular complexity index is 514. The number of anilines is 3. The van der Waals surface area contributed by atoms with Gasteiger partial charge >= 0.3 is 0 Å². The third-order valence-electron chi connectivity index (χ3n) is 2.47. The average Bonchev–Trinajstić information content (AvgIpc) is 2.40. The Hall–Kier alpha value is -1.55. The van der Waals surface area contributed by atoms with Gasteiger partial charge < -0.3 is 10.6 Å². The van der Waals surface area contributed by atoms with Crippen molar-refractivity contribution in [2.45, 2.75) is 13.3 Å². The van der Waals surface area contributed by atoms with Crippen LogP contribution in [0.15, 0.2) is 47.1 Å². The first kappa shape index (κ1) is 12.9. The molecular weight excluding hydrogens is 290 g/mol. The number of rotatable bonds is 5. The molecule has 0 bridgehead atoms. The van der Waals surface area contributed by atoms with Gasteiger partial charge in [0.1, 0.15) is 5.82 Å². The van der Waals surface area contributed by atoms with E-state index in [0.29, 0.717) is 0 Å². The van der Waals surface area contributed by atoms with Gasteiger partial charge in [0, 0.05) is 29.0 Å². The number of nitrogens with zero attached hydrogens (tertiary/aromatic N) is 1. The molecule has 94 valence electrons. The fourth-order valence-corrected chi connectivity index (χ4v) is 1.96. The van der Waals surface area contributed by atoms with Gasteiger partial charge in [-0.25, -0.2) is 4.98 Å². The molecule has 0 radical (unpaired) electrons. The van der Waals surface area contributed by atoms with Crippen LogP contribution in [0.4, 0.5) is 17.2 Å². The summed E-state index contributed by atoms with van der Waals surface area (Å²) in [6, 6.07) is 12.0. The molecule has 18 heavy (non-hydrogen) atoms. The zero-order valence-electron chi connectivity index (χ0n) is 10.3. The number of nitrogens with one attached hydrogen (secondary N) is 2. The fourth-order valence-electron chi connectivity index (χ4n) is 1.58. The van der Waals surface area contributed by atoms with E-state index >= 15 is 0 Å². The van der Waals surface area contributed by atoms with Crippen LogP contribution in [0, 0.1) is 0 Å². The molecule has 3 nitrogen and oxygen atoms in total. The van der Waals surface area contributed by atoms with Crippen LogP contribution < -0.4 is 10.6 Å². The minimum Gasteiger partial charge on any atom is -0.370 e. The molecule has 0 saturated heterocycles. The van der Waals surface area contributed by atoms with Crippen molar-refractivity contribution in [2.24, 2.45) is 0 Å². The lowest BCUT2D eigenvalue weighted by molar-refractivity contribution is 0.969. The predicted molar refractivity (Wildman–Crippen MR) is 80.4 cm³/mol. The molecule has 0 fully saturated rings. The molecule has 2 aromatic rings. The summed E-state index contributed by atoms with van der Waals surface area (Å²) in [5.41, 5.74) is 2.07. The minimum absolute atomic E-state index is 0.897. The molecule has 0 spiro atoms. The van der Waals surface area contributed by atoms with Crippen molar-refractivity contribution in [3.8, 4) is 0 Å². The summed E-state index contributed by atoms with van der Waals surface area (Å²) in [4.78, 5) is 4.28. The number of hydrogen-bond acceptors (Lipinski definition) is 3. The third kappa shape index (κ3) is 3.47. The van der Waals surface area contributed by atoms with E-state index in [4.69, 9.17) is 0 Å². The van der Waals surface area contributed by atoms with Crippen molar-refractivity contribution >= 4 is 33.1 Å². The number of pyridine rings is 1. The highest BCUT2D eigenvalue weighted by molar-refractivity contribution is 9.10. The second kappa shape index (κ2) is 6.40. The van der Waals surface area contributed by atoms with E-state index in [2.05, 4.69) is 38.5 Å². The molecule has 0 unspecified atom stereocenters. The van der Waals surface area contributed by atoms with Crippen LogP contribution in [0.5, 0.6) is 0 Å². The number of halogens is 1. The molecule has 2 rings (SSSR count). The van der Waals surface area contributed by atoms with Crippen molar-refractivity contribution in [1.82, 2.24) is 4.98 Å². The van der Waals surface area contributed by atoms with Crippen LogP contribution in [0.3, 0.4) is 0 Å². The topological polar surface area (TPSA) is 37.0 Å². The smallest absolute Gasteiger partial charge is 0.127 e. The summed E-state index contributed by atoms with van der Waals surface area (Å²) in [6.45, 7) is 3.07. The Kier molecular flexibility index (Phi) is 4.59. The Morgan fingerprint density at radius 2 is 2.06 bits per heavy atom. The van der Waals surface area contributed by atoms with E-state index in [9.17, 15) is 0 Å². The van der Waals surface area contributed by atoms with Crippen LogP contribution in [-0.2, 0) is 0 Å². The molecule has 0 amide bonds. The Labute approximate surface area is 116 Å². The molecule has 0 aliphatic heterocycles. The van der Waals surface area contributed by atoms with Gasteiger partial charge in [-0.3, -0.25) is 0 Å². The average molecular weight is 306 g/mol. The first-order valence-electron chi connectivity index (χ1n) is 6.01. The maximum atomic E-state index is 4.28. The lowest BCUT2D eigenvalue weighted by atomic mass is 10.3. The maximum absolute atomic E-state index is 4.28. The maximum Gasteiger partial charge on any atom is 0.127 e. The van der Waals surface area contributed by atoms with Gasteiger partial charge in [-0.15, -0.1) is 0 Å². The largest absolute Gasteiger partial charge is 0.370 e. The molecule has 0 aliphatic rings. The number of aromatic nitrogens is 1. The second-order valence-electron chi connectivity index (χ2n) is 3.96. The van der Waals surface area contributed by atoms with E-state index in [1.54, 1.807) is 6.20 Å². The predicted octanol–water partition coefficient (Wildman–Crippen LogP) is 4.41. The zero-order valence-corrected chi connectivity index (χ0v) is 11.9. The minimum atomic E-state index is 0.897. The van der Waals surface area contributed by atoms with Crippen LogP contribution in [0.1, 0.15) is 13.3 Å². The Morgan fingerprint density at radius 3 is 2.83 bits per heavy atom. The molecule has 4 heteroatoms. The summed E-state index contributed by atoms with van der Waals surface area (Å²) >= 11 is 3.52. The van der Waals surface area contributed by atoms with E-state index in [1.165, 1.54) is 0 Å². The summed E-state index contributed by atoms with van der Waals surface area (Å²) in [6.07, 6.45) is 2.89. The van der Waals surface area contributed by atoms with Gasteiger partial charge in [-0.2, -0.15) is 0 Å². The normalized spacial score (nSPS) is 10.1. The Balaban J connectivity index is 2.12. The molecule has 1 aromatic carbocycles. The van der Waals surface area contributed by atoms with Crippen molar-refractivity contribution < 1.29 is 0 Å². The lowest BCUT2D eigenvalue weighted by Crippen LogP contribution is -2.02. The molecule has 2 N–H and O–H groups in total. The highest BCUT2D eigenvalue weighted by Gasteiger charge is 2.00. The van der Waals surface area contributed by atoms with E-state index < -0.39 is 0 Å². The van der Waals surface area contributed by atoms with Crippen LogP contribution in [0.25, 0.3) is 0 Å². The van der Waals surface area contributed by atoms with Crippen LogP contribution in [-0.4, -0.2) is 11.5 Å². The van der Waals surface area contributed by atoms with Gasteiger partial charge in [-0.1, -0.05) is 19.1 Å². The van der Waals surface area contributed by atoms with Gasteiger partial charge in [0.25, 0.3) is 0 Å². The van der Waals surface area contributed by atoms with Gasteiger partial charge in [0.2, 0.25) is 0 Å². The number of benzene rings is 1. The first-order valence-corrected chi connectivity index (χ1v) is 6.80.